The fourth-order valence-electron chi connectivity index (χ4n) is 1.68. The molecule has 0 radical (unpaired) electrons. The van der Waals surface area contributed by atoms with Crippen molar-refractivity contribution >= 4 is 17.6 Å². The minimum atomic E-state index is -0.878. The number of carboxylic acid groups (broad SMARTS) is 1. The number of aromatic nitrogens is 1. The molecule has 0 aliphatic rings. The molecule has 0 spiro atoms. The topological polar surface area (TPSA) is 71.8 Å². The summed E-state index contributed by atoms with van der Waals surface area (Å²) in [5, 5.41) is 8.79. The fourth-order valence-corrected chi connectivity index (χ4v) is 1.68. The van der Waals surface area contributed by atoms with Crippen LogP contribution in [0, 0.1) is 0 Å². The molecular formula is C16H16N2O3. The number of benzene rings is 1. The zero-order valence-electron chi connectivity index (χ0n) is 11.5. The second-order valence-corrected chi connectivity index (χ2v) is 4.38. The van der Waals surface area contributed by atoms with Gasteiger partial charge < -0.3 is 9.84 Å². The summed E-state index contributed by atoms with van der Waals surface area (Å²) in [6, 6.07) is 13.2. The molecule has 0 saturated heterocycles. The molecule has 0 aliphatic carbocycles. The lowest BCUT2D eigenvalue weighted by molar-refractivity contribution is -0.136. The van der Waals surface area contributed by atoms with E-state index >= 15 is 0 Å². The van der Waals surface area contributed by atoms with E-state index in [-0.39, 0.29) is 12.8 Å². The second-order valence-electron chi connectivity index (χ2n) is 4.38. The quantitative estimate of drug-likeness (QED) is 0.653. The molecule has 5 heteroatoms. The van der Waals surface area contributed by atoms with E-state index in [9.17, 15) is 4.79 Å². The van der Waals surface area contributed by atoms with E-state index in [1.54, 1.807) is 24.5 Å². The lowest BCUT2D eigenvalue weighted by atomic mass is 10.2. The highest BCUT2D eigenvalue weighted by atomic mass is 16.5. The Morgan fingerprint density at radius 3 is 2.62 bits per heavy atom. The summed E-state index contributed by atoms with van der Waals surface area (Å²) >= 11 is 0. The van der Waals surface area contributed by atoms with E-state index in [2.05, 4.69) is 9.98 Å². The molecule has 21 heavy (non-hydrogen) atoms. The van der Waals surface area contributed by atoms with Crippen molar-refractivity contribution in [2.75, 3.05) is 0 Å². The number of pyridine rings is 1. The highest BCUT2D eigenvalue weighted by Crippen LogP contribution is 2.12. The average molecular weight is 284 g/mol. The summed E-state index contributed by atoms with van der Waals surface area (Å²) in [5.74, 6) is -0.480. The molecule has 0 unspecified atom stereocenters. The van der Waals surface area contributed by atoms with Crippen LogP contribution in [0.2, 0.25) is 0 Å². The molecule has 2 rings (SSSR count). The van der Waals surface area contributed by atoms with Gasteiger partial charge in [0.05, 0.1) is 18.3 Å². The van der Waals surface area contributed by atoms with Crippen molar-refractivity contribution in [3.05, 3.63) is 60.4 Å². The summed E-state index contributed by atoms with van der Waals surface area (Å²) in [7, 11) is 0. The van der Waals surface area contributed by atoms with Crippen molar-refractivity contribution in [2.45, 2.75) is 19.4 Å². The number of hydrogen-bond acceptors (Lipinski definition) is 4. The van der Waals surface area contributed by atoms with Gasteiger partial charge in [-0.25, -0.2) is 4.99 Å². The van der Waals surface area contributed by atoms with E-state index in [4.69, 9.17) is 9.84 Å². The Morgan fingerprint density at radius 2 is 1.95 bits per heavy atom. The summed E-state index contributed by atoms with van der Waals surface area (Å²) in [6.45, 7) is 0.361. The van der Waals surface area contributed by atoms with Crippen molar-refractivity contribution in [1.29, 1.82) is 0 Å². The molecule has 0 saturated carbocycles. The Kier molecular flexibility index (Phi) is 5.46. The van der Waals surface area contributed by atoms with Crippen LogP contribution in [0.5, 0.6) is 0 Å². The van der Waals surface area contributed by atoms with Gasteiger partial charge in [0.15, 0.2) is 5.90 Å². The van der Waals surface area contributed by atoms with Crippen LogP contribution in [-0.2, 0) is 16.1 Å². The van der Waals surface area contributed by atoms with Gasteiger partial charge in [0.1, 0.15) is 6.61 Å². The predicted octanol–water partition coefficient (Wildman–Crippen LogP) is 3.19. The van der Waals surface area contributed by atoms with Crippen molar-refractivity contribution in [3.8, 4) is 0 Å². The third kappa shape index (κ3) is 5.44. The minimum Gasteiger partial charge on any atom is -0.481 e. The number of nitrogens with zero attached hydrogens (tertiary/aromatic N) is 2. The highest BCUT2D eigenvalue weighted by Gasteiger charge is 2.06. The fraction of sp³-hybridized carbons (Fsp3) is 0.188. The maximum Gasteiger partial charge on any atom is 0.303 e. The summed E-state index contributed by atoms with van der Waals surface area (Å²) in [4.78, 5) is 19.0. The molecule has 1 aromatic heterocycles. The van der Waals surface area contributed by atoms with Gasteiger partial charge in [-0.1, -0.05) is 30.3 Å². The molecule has 108 valence electrons. The SMILES string of the molecule is O=C(O)CCC(=Nc1cccnc1)OCc1ccccc1. The minimum absolute atomic E-state index is 0.0200. The third-order valence-corrected chi connectivity index (χ3v) is 2.70. The number of aliphatic carboxylic acids is 1. The van der Waals surface area contributed by atoms with E-state index in [0.717, 1.165) is 5.56 Å². The molecule has 1 aromatic carbocycles. The number of carbonyl (C=O) groups is 1. The van der Waals surface area contributed by atoms with E-state index < -0.39 is 5.97 Å². The van der Waals surface area contributed by atoms with Crippen LogP contribution in [0.25, 0.3) is 0 Å². The Balaban J connectivity index is 2.05. The molecule has 1 N–H and O–H groups in total. The highest BCUT2D eigenvalue weighted by molar-refractivity contribution is 5.82. The average Bonchev–Trinajstić information content (AvgIpc) is 2.52. The van der Waals surface area contributed by atoms with Gasteiger partial charge in [-0.15, -0.1) is 0 Å². The van der Waals surface area contributed by atoms with Gasteiger partial charge in [-0.2, -0.15) is 0 Å². The summed E-state index contributed by atoms with van der Waals surface area (Å²) in [5.41, 5.74) is 1.65. The van der Waals surface area contributed by atoms with Gasteiger partial charge in [0.2, 0.25) is 0 Å². The first-order valence-electron chi connectivity index (χ1n) is 6.60. The smallest absolute Gasteiger partial charge is 0.303 e. The van der Waals surface area contributed by atoms with Gasteiger partial charge in [0, 0.05) is 12.6 Å². The zero-order valence-corrected chi connectivity index (χ0v) is 11.5. The molecule has 0 fully saturated rings. The molecule has 1 heterocycles. The van der Waals surface area contributed by atoms with Crippen molar-refractivity contribution in [3.63, 3.8) is 0 Å². The molecule has 2 aromatic rings. The Bertz CT molecular complexity index is 597. The third-order valence-electron chi connectivity index (χ3n) is 2.70. The monoisotopic (exact) mass is 284 g/mol. The number of rotatable bonds is 6. The van der Waals surface area contributed by atoms with Crippen LogP contribution in [0.15, 0.2) is 59.9 Å². The van der Waals surface area contributed by atoms with Crippen molar-refractivity contribution in [1.82, 2.24) is 4.98 Å². The van der Waals surface area contributed by atoms with E-state index in [0.29, 0.717) is 18.2 Å². The van der Waals surface area contributed by atoms with Gasteiger partial charge >= 0.3 is 5.97 Å². The lowest BCUT2D eigenvalue weighted by Crippen LogP contribution is -2.08. The Labute approximate surface area is 122 Å². The van der Waals surface area contributed by atoms with Crippen LogP contribution in [0.3, 0.4) is 0 Å². The van der Waals surface area contributed by atoms with E-state index in [1.165, 1.54) is 0 Å². The summed E-state index contributed by atoms with van der Waals surface area (Å²) < 4.78 is 5.64. The number of hydrogen-bond donors (Lipinski definition) is 1. The van der Waals surface area contributed by atoms with Gasteiger partial charge in [-0.05, 0) is 17.7 Å². The zero-order chi connectivity index (χ0) is 14.9. The molecule has 5 nitrogen and oxygen atoms in total. The van der Waals surface area contributed by atoms with Crippen LogP contribution < -0.4 is 0 Å². The maximum absolute atomic E-state index is 10.7. The summed E-state index contributed by atoms with van der Waals surface area (Å²) in [6.07, 6.45) is 3.48. The standard InChI is InChI=1S/C16H16N2O3/c19-16(20)9-8-15(18-14-7-4-10-17-11-14)21-12-13-5-2-1-3-6-13/h1-7,10-11H,8-9,12H2,(H,19,20). The Hall–Kier alpha value is -2.69. The van der Waals surface area contributed by atoms with Gasteiger partial charge in [0.25, 0.3) is 0 Å². The largest absolute Gasteiger partial charge is 0.481 e. The molecule has 0 atom stereocenters. The normalized spacial score (nSPS) is 11.1. The molecule has 0 aliphatic heterocycles. The van der Waals surface area contributed by atoms with Crippen molar-refractivity contribution in [2.24, 2.45) is 4.99 Å². The predicted molar refractivity (Wildman–Crippen MR) is 79.4 cm³/mol. The van der Waals surface area contributed by atoms with Crippen LogP contribution >= 0.6 is 0 Å². The first kappa shape index (κ1) is 14.7. The molecule has 0 bridgehead atoms. The van der Waals surface area contributed by atoms with E-state index in [1.807, 2.05) is 30.3 Å². The number of aliphatic imine (C=N–C) groups is 1. The van der Waals surface area contributed by atoms with Crippen LogP contribution in [-0.4, -0.2) is 22.0 Å². The van der Waals surface area contributed by atoms with Crippen molar-refractivity contribution < 1.29 is 14.6 Å². The second kappa shape index (κ2) is 7.79. The van der Waals surface area contributed by atoms with Crippen LogP contribution in [0.1, 0.15) is 18.4 Å². The van der Waals surface area contributed by atoms with Crippen LogP contribution in [0.4, 0.5) is 5.69 Å². The van der Waals surface area contributed by atoms with Gasteiger partial charge in [-0.3, -0.25) is 9.78 Å². The lowest BCUT2D eigenvalue weighted by Gasteiger charge is -2.08. The first-order valence-corrected chi connectivity index (χ1v) is 6.60. The number of carboxylic acids is 1. The molecular weight excluding hydrogens is 268 g/mol. The molecule has 0 amide bonds. The number of ether oxygens (including phenoxy) is 1. The Morgan fingerprint density at radius 1 is 1.14 bits per heavy atom. The maximum atomic E-state index is 10.7. The first-order chi connectivity index (χ1) is 10.2.